The first kappa shape index (κ1) is 10.6. The van der Waals surface area contributed by atoms with E-state index in [0.717, 1.165) is 38.5 Å². The standard InChI is InChI=1S/C13H20O3/c14-11(15)12(6-9-5-10(9)7-12)8-13(16)3-1-2-4-13/h9-10,16H,1-8H2,(H,14,15). The van der Waals surface area contributed by atoms with E-state index in [1.165, 1.54) is 6.42 Å². The van der Waals surface area contributed by atoms with Gasteiger partial charge in [0.05, 0.1) is 11.0 Å². The molecule has 0 saturated heterocycles. The predicted octanol–water partition coefficient (Wildman–Crippen LogP) is 2.18. The second-order valence-corrected chi connectivity index (χ2v) is 6.36. The molecule has 0 aliphatic heterocycles. The van der Waals surface area contributed by atoms with Crippen molar-refractivity contribution < 1.29 is 15.0 Å². The van der Waals surface area contributed by atoms with Gasteiger partial charge < -0.3 is 10.2 Å². The lowest BCUT2D eigenvalue weighted by molar-refractivity contribution is -0.154. The maximum Gasteiger partial charge on any atom is 0.309 e. The van der Waals surface area contributed by atoms with Gasteiger partial charge in [-0.3, -0.25) is 4.79 Å². The van der Waals surface area contributed by atoms with Gasteiger partial charge in [0.25, 0.3) is 0 Å². The third kappa shape index (κ3) is 1.56. The van der Waals surface area contributed by atoms with Gasteiger partial charge in [0.15, 0.2) is 0 Å². The van der Waals surface area contributed by atoms with Crippen LogP contribution in [0.2, 0.25) is 0 Å². The number of carboxylic acids is 1. The monoisotopic (exact) mass is 224 g/mol. The fourth-order valence-corrected chi connectivity index (χ4v) is 4.13. The van der Waals surface area contributed by atoms with E-state index in [2.05, 4.69) is 0 Å². The Balaban J connectivity index is 1.76. The van der Waals surface area contributed by atoms with E-state index in [0.29, 0.717) is 18.3 Å². The molecule has 3 aliphatic rings. The first-order valence-electron chi connectivity index (χ1n) is 6.49. The average molecular weight is 224 g/mol. The SMILES string of the molecule is O=C(O)C1(CC2(O)CCCC2)CC2CC2C1. The van der Waals surface area contributed by atoms with E-state index in [-0.39, 0.29) is 0 Å². The van der Waals surface area contributed by atoms with E-state index in [1.807, 2.05) is 0 Å². The number of aliphatic carboxylic acids is 1. The maximum atomic E-state index is 11.5. The minimum absolute atomic E-state index is 0.502. The molecule has 0 aromatic carbocycles. The summed E-state index contributed by atoms with van der Waals surface area (Å²) in [6.07, 6.45) is 7.08. The Morgan fingerprint density at radius 3 is 2.25 bits per heavy atom. The van der Waals surface area contributed by atoms with E-state index in [9.17, 15) is 15.0 Å². The van der Waals surface area contributed by atoms with Crippen molar-refractivity contribution in [1.82, 2.24) is 0 Å². The molecule has 2 N–H and O–H groups in total. The summed E-state index contributed by atoms with van der Waals surface area (Å²) in [6.45, 7) is 0. The van der Waals surface area contributed by atoms with Gasteiger partial charge in [0, 0.05) is 0 Å². The number of carbonyl (C=O) groups is 1. The van der Waals surface area contributed by atoms with Crippen molar-refractivity contribution in [2.75, 3.05) is 0 Å². The van der Waals surface area contributed by atoms with Crippen LogP contribution in [0.4, 0.5) is 0 Å². The summed E-state index contributed by atoms with van der Waals surface area (Å²) in [4.78, 5) is 11.5. The number of hydrogen-bond donors (Lipinski definition) is 2. The zero-order valence-electron chi connectivity index (χ0n) is 9.61. The highest BCUT2D eigenvalue weighted by Gasteiger charge is 2.59. The molecule has 3 fully saturated rings. The molecule has 2 atom stereocenters. The van der Waals surface area contributed by atoms with Crippen LogP contribution in [-0.2, 0) is 4.79 Å². The maximum absolute atomic E-state index is 11.5. The number of rotatable bonds is 3. The summed E-state index contributed by atoms with van der Waals surface area (Å²) in [7, 11) is 0. The lowest BCUT2D eigenvalue weighted by Crippen LogP contribution is -2.39. The van der Waals surface area contributed by atoms with Crippen molar-refractivity contribution >= 4 is 5.97 Å². The van der Waals surface area contributed by atoms with Gasteiger partial charge in [-0.1, -0.05) is 12.8 Å². The second kappa shape index (κ2) is 3.22. The third-order valence-corrected chi connectivity index (χ3v) is 5.03. The summed E-state index contributed by atoms with van der Waals surface area (Å²) < 4.78 is 0. The number of hydrogen-bond acceptors (Lipinski definition) is 2. The topological polar surface area (TPSA) is 57.5 Å². The molecule has 3 aliphatic carbocycles. The van der Waals surface area contributed by atoms with Gasteiger partial charge in [0.2, 0.25) is 0 Å². The highest BCUT2D eigenvalue weighted by molar-refractivity contribution is 5.75. The average Bonchev–Trinajstić information content (AvgIpc) is 2.64. The fraction of sp³-hybridized carbons (Fsp3) is 0.923. The van der Waals surface area contributed by atoms with Crippen LogP contribution in [0, 0.1) is 17.3 Å². The molecule has 0 radical (unpaired) electrons. The van der Waals surface area contributed by atoms with Crippen LogP contribution >= 0.6 is 0 Å². The van der Waals surface area contributed by atoms with Gasteiger partial charge in [-0.05, 0) is 50.4 Å². The van der Waals surface area contributed by atoms with Crippen LogP contribution in [-0.4, -0.2) is 21.8 Å². The van der Waals surface area contributed by atoms with E-state index in [4.69, 9.17) is 0 Å². The highest BCUT2D eigenvalue weighted by atomic mass is 16.4. The molecule has 0 heterocycles. The summed E-state index contributed by atoms with van der Waals surface area (Å²) in [5, 5.41) is 19.9. The van der Waals surface area contributed by atoms with Crippen LogP contribution < -0.4 is 0 Å². The zero-order valence-corrected chi connectivity index (χ0v) is 9.61. The van der Waals surface area contributed by atoms with Gasteiger partial charge in [-0.2, -0.15) is 0 Å². The third-order valence-electron chi connectivity index (χ3n) is 5.03. The molecule has 3 saturated carbocycles. The molecule has 16 heavy (non-hydrogen) atoms. The number of aliphatic hydroxyl groups is 1. The van der Waals surface area contributed by atoms with Gasteiger partial charge >= 0.3 is 5.97 Å². The van der Waals surface area contributed by atoms with Gasteiger partial charge in [-0.25, -0.2) is 0 Å². The summed E-state index contributed by atoms with van der Waals surface area (Å²) >= 11 is 0. The molecule has 2 unspecified atom stereocenters. The lowest BCUT2D eigenvalue weighted by atomic mass is 9.73. The van der Waals surface area contributed by atoms with E-state index >= 15 is 0 Å². The van der Waals surface area contributed by atoms with Crippen LogP contribution in [0.3, 0.4) is 0 Å². The normalized spacial score (nSPS) is 44.3. The minimum Gasteiger partial charge on any atom is -0.481 e. The van der Waals surface area contributed by atoms with Crippen LogP contribution in [0.15, 0.2) is 0 Å². The molecule has 3 heteroatoms. The first-order chi connectivity index (χ1) is 7.53. The van der Waals surface area contributed by atoms with Gasteiger partial charge in [0.1, 0.15) is 0 Å². The predicted molar refractivity (Wildman–Crippen MR) is 58.9 cm³/mol. The molecule has 0 bridgehead atoms. The van der Waals surface area contributed by atoms with Crippen LogP contribution in [0.5, 0.6) is 0 Å². The first-order valence-corrected chi connectivity index (χ1v) is 6.49. The van der Waals surface area contributed by atoms with Crippen molar-refractivity contribution in [3.63, 3.8) is 0 Å². The van der Waals surface area contributed by atoms with Crippen molar-refractivity contribution in [3.8, 4) is 0 Å². The lowest BCUT2D eigenvalue weighted by Gasteiger charge is -2.34. The number of fused-ring (bicyclic) bond motifs is 1. The Hall–Kier alpha value is -0.570. The zero-order chi connectivity index (χ0) is 11.4. The second-order valence-electron chi connectivity index (χ2n) is 6.36. The van der Waals surface area contributed by atoms with E-state index < -0.39 is 17.0 Å². The molecular formula is C13H20O3. The molecule has 0 aromatic rings. The Labute approximate surface area is 95.9 Å². The van der Waals surface area contributed by atoms with Crippen LogP contribution in [0.25, 0.3) is 0 Å². The van der Waals surface area contributed by atoms with Gasteiger partial charge in [-0.15, -0.1) is 0 Å². The van der Waals surface area contributed by atoms with Crippen LogP contribution in [0.1, 0.15) is 51.4 Å². The van der Waals surface area contributed by atoms with Crippen molar-refractivity contribution in [1.29, 1.82) is 0 Å². The minimum atomic E-state index is -0.671. The van der Waals surface area contributed by atoms with Crippen molar-refractivity contribution in [3.05, 3.63) is 0 Å². The summed E-state index contributed by atoms with van der Waals surface area (Å²) in [5.74, 6) is 0.641. The molecular weight excluding hydrogens is 204 g/mol. The fourth-order valence-electron chi connectivity index (χ4n) is 4.13. The molecule has 0 spiro atoms. The Bertz CT molecular complexity index is 307. The van der Waals surface area contributed by atoms with Crippen molar-refractivity contribution in [2.45, 2.75) is 57.0 Å². The Morgan fingerprint density at radius 1 is 1.19 bits per heavy atom. The molecule has 0 amide bonds. The highest BCUT2D eigenvalue weighted by Crippen LogP contribution is 2.62. The molecule has 90 valence electrons. The van der Waals surface area contributed by atoms with E-state index in [1.54, 1.807) is 0 Å². The Morgan fingerprint density at radius 2 is 1.75 bits per heavy atom. The molecule has 0 aromatic heterocycles. The summed E-state index contributed by atoms with van der Waals surface area (Å²) in [6, 6.07) is 0. The smallest absolute Gasteiger partial charge is 0.309 e. The molecule has 3 nitrogen and oxygen atoms in total. The quantitative estimate of drug-likeness (QED) is 0.772. The van der Waals surface area contributed by atoms with Crippen molar-refractivity contribution in [2.24, 2.45) is 17.3 Å². The number of carboxylic acid groups (broad SMARTS) is 1. The largest absolute Gasteiger partial charge is 0.481 e. The summed E-state index contributed by atoms with van der Waals surface area (Å²) in [5.41, 5.74) is -1.26. The Kier molecular flexibility index (Phi) is 2.13. The molecule has 3 rings (SSSR count).